The van der Waals surface area contributed by atoms with Gasteiger partial charge in [-0.3, -0.25) is 4.79 Å². The maximum absolute atomic E-state index is 14.3. The predicted octanol–water partition coefficient (Wildman–Crippen LogP) is 6.00. The summed E-state index contributed by atoms with van der Waals surface area (Å²) in [6, 6.07) is 24.7. The SMILES string of the molecule is O=C1N(Cc2cccc(C(F)(F)F)c2)c2ccccc2C1(c1ccc(O)cc1)c1ccc(O)cc1. The first-order chi connectivity index (χ1) is 16.7. The van der Waals surface area contributed by atoms with Gasteiger partial charge >= 0.3 is 6.18 Å². The highest BCUT2D eigenvalue weighted by Gasteiger charge is 2.53. The third kappa shape index (κ3) is 3.69. The van der Waals surface area contributed by atoms with Crippen LogP contribution in [0, 0.1) is 0 Å². The molecule has 4 aromatic rings. The van der Waals surface area contributed by atoms with Crippen molar-refractivity contribution in [3.8, 4) is 11.5 Å². The number of para-hydroxylation sites is 1. The number of carbonyl (C=O) groups excluding carboxylic acids is 1. The van der Waals surface area contributed by atoms with E-state index >= 15 is 0 Å². The second-order valence-corrected chi connectivity index (χ2v) is 8.45. The first-order valence-electron chi connectivity index (χ1n) is 10.9. The number of benzene rings is 4. The highest BCUT2D eigenvalue weighted by Crippen LogP contribution is 2.51. The molecule has 0 bridgehead atoms. The lowest BCUT2D eigenvalue weighted by Crippen LogP contribution is -2.42. The minimum absolute atomic E-state index is 0.0363. The van der Waals surface area contributed by atoms with Crippen LogP contribution in [0.25, 0.3) is 0 Å². The summed E-state index contributed by atoms with van der Waals surface area (Å²) in [5.41, 5.74) is 0.660. The van der Waals surface area contributed by atoms with E-state index in [9.17, 15) is 28.2 Å². The Bertz CT molecular complexity index is 1350. The predicted molar refractivity (Wildman–Crippen MR) is 125 cm³/mol. The smallest absolute Gasteiger partial charge is 0.416 e. The molecule has 0 saturated heterocycles. The number of alkyl halides is 3. The molecule has 2 N–H and O–H groups in total. The molecular weight excluding hydrogens is 455 g/mol. The number of aromatic hydroxyl groups is 2. The van der Waals surface area contributed by atoms with Gasteiger partial charge in [-0.2, -0.15) is 13.2 Å². The first-order valence-corrected chi connectivity index (χ1v) is 10.9. The lowest BCUT2D eigenvalue weighted by molar-refractivity contribution is -0.137. The molecule has 0 saturated carbocycles. The Labute approximate surface area is 199 Å². The van der Waals surface area contributed by atoms with E-state index in [0.29, 0.717) is 27.9 Å². The monoisotopic (exact) mass is 475 g/mol. The van der Waals surface area contributed by atoms with Gasteiger partial charge in [0, 0.05) is 11.3 Å². The van der Waals surface area contributed by atoms with Crippen LogP contribution in [0.3, 0.4) is 0 Å². The van der Waals surface area contributed by atoms with E-state index in [-0.39, 0.29) is 24.0 Å². The second kappa shape index (κ2) is 8.20. The Morgan fingerprint density at radius 3 is 1.89 bits per heavy atom. The molecule has 0 atom stereocenters. The summed E-state index contributed by atoms with van der Waals surface area (Å²) >= 11 is 0. The fourth-order valence-electron chi connectivity index (χ4n) is 4.79. The molecule has 35 heavy (non-hydrogen) atoms. The Morgan fingerprint density at radius 1 is 0.743 bits per heavy atom. The Hall–Kier alpha value is -4.26. The molecular formula is C28H20F3NO3. The number of phenolic OH excluding ortho intramolecular Hbond substituents is 2. The third-order valence-electron chi connectivity index (χ3n) is 6.36. The standard InChI is InChI=1S/C28H20F3NO3/c29-28(30,31)21-5-3-4-18(16-21)17-32-25-7-2-1-6-24(25)27(26(32)35,19-8-12-22(33)13-9-19)20-10-14-23(34)15-11-20/h1-16,33-34H,17H2. The summed E-state index contributed by atoms with van der Waals surface area (Å²) in [5.74, 6) is -0.268. The Kier molecular flexibility index (Phi) is 5.28. The van der Waals surface area contributed by atoms with E-state index in [1.54, 1.807) is 48.5 Å². The van der Waals surface area contributed by atoms with Crippen LogP contribution in [0.5, 0.6) is 11.5 Å². The van der Waals surface area contributed by atoms with Crippen LogP contribution in [0.1, 0.15) is 27.8 Å². The number of rotatable bonds is 4. The number of nitrogens with zero attached hydrogens (tertiary/aromatic N) is 1. The average molecular weight is 475 g/mol. The van der Waals surface area contributed by atoms with Crippen molar-refractivity contribution < 1.29 is 28.2 Å². The number of phenols is 2. The zero-order valence-corrected chi connectivity index (χ0v) is 18.3. The second-order valence-electron chi connectivity index (χ2n) is 8.45. The van der Waals surface area contributed by atoms with Crippen LogP contribution < -0.4 is 4.90 Å². The number of fused-ring (bicyclic) bond motifs is 1. The van der Waals surface area contributed by atoms with Gasteiger partial charge < -0.3 is 15.1 Å². The zero-order chi connectivity index (χ0) is 24.8. The molecule has 0 fully saturated rings. The molecule has 0 radical (unpaired) electrons. The number of hydrogen-bond acceptors (Lipinski definition) is 3. The van der Waals surface area contributed by atoms with Gasteiger partial charge in [-0.1, -0.05) is 54.6 Å². The maximum atomic E-state index is 14.3. The largest absolute Gasteiger partial charge is 0.508 e. The molecule has 4 nitrogen and oxygen atoms in total. The number of anilines is 1. The van der Waals surface area contributed by atoms with Gasteiger partial charge in [-0.05, 0) is 59.2 Å². The summed E-state index contributed by atoms with van der Waals surface area (Å²) in [5, 5.41) is 19.7. The van der Waals surface area contributed by atoms with Gasteiger partial charge in [0.05, 0.1) is 12.1 Å². The van der Waals surface area contributed by atoms with Crippen LogP contribution in [0.4, 0.5) is 18.9 Å². The molecule has 4 aromatic carbocycles. The lowest BCUT2D eigenvalue weighted by atomic mass is 9.70. The molecule has 0 unspecified atom stereocenters. The van der Waals surface area contributed by atoms with E-state index in [1.165, 1.54) is 35.2 Å². The van der Waals surface area contributed by atoms with E-state index in [1.807, 2.05) is 6.07 Å². The van der Waals surface area contributed by atoms with Crippen LogP contribution in [0.15, 0.2) is 97.1 Å². The molecule has 7 heteroatoms. The minimum atomic E-state index is -4.50. The molecule has 0 aromatic heterocycles. The molecule has 1 aliphatic rings. The van der Waals surface area contributed by atoms with Crippen molar-refractivity contribution in [1.82, 2.24) is 0 Å². The Morgan fingerprint density at radius 2 is 1.31 bits per heavy atom. The zero-order valence-electron chi connectivity index (χ0n) is 18.3. The molecule has 0 spiro atoms. The summed E-state index contributed by atoms with van der Waals surface area (Å²) in [6.07, 6.45) is -4.50. The van der Waals surface area contributed by atoms with Crippen LogP contribution in [0.2, 0.25) is 0 Å². The molecule has 5 rings (SSSR count). The normalized spacial score (nSPS) is 14.7. The van der Waals surface area contributed by atoms with E-state index < -0.39 is 17.2 Å². The third-order valence-corrected chi connectivity index (χ3v) is 6.36. The van der Waals surface area contributed by atoms with E-state index in [2.05, 4.69) is 0 Å². The topological polar surface area (TPSA) is 60.8 Å². The minimum Gasteiger partial charge on any atom is -0.508 e. The summed E-state index contributed by atoms with van der Waals surface area (Å²) < 4.78 is 39.9. The average Bonchev–Trinajstić information content (AvgIpc) is 3.08. The van der Waals surface area contributed by atoms with Crippen molar-refractivity contribution in [3.63, 3.8) is 0 Å². The van der Waals surface area contributed by atoms with Gasteiger partial charge in [0.1, 0.15) is 16.9 Å². The van der Waals surface area contributed by atoms with Gasteiger partial charge in [0.25, 0.3) is 0 Å². The van der Waals surface area contributed by atoms with Crippen LogP contribution in [-0.4, -0.2) is 16.1 Å². The molecule has 1 amide bonds. The van der Waals surface area contributed by atoms with Crippen molar-refractivity contribution in [1.29, 1.82) is 0 Å². The van der Waals surface area contributed by atoms with Crippen molar-refractivity contribution in [2.75, 3.05) is 4.90 Å². The molecule has 0 aliphatic carbocycles. The van der Waals surface area contributed by atoms with Crippen LogP contribution in [-0.2, 0) is 22.9 Å². The van der Waals surface area contributed by atoms with Crippen molar-refractivity contribution in [2.45, 2.75) is 18.1 Å². The summed E-state index contributed by atoms with van der Waals surface area (Å²) in [7, 11) is 0. The van der Waals surface area contributed by atoms with Crippen molar-refractivity contribution in [3.05, 3.63) is 125 Å². The van der Waals surface area contributed by atoms with Gasteiger partial charge in [-0.15, -0.1) is 0 Å². The first kappa shape index (κ1) is 22.5. The maximum Gasteiger partial charge on any atom is 0.416 e. The number of halogens is 3. The highest BCUT2D eigenvalue weighted by atomic mass is 19.4. The number of carbonyl (C=O) groups is 1. The fourth-order valence-corrected chi connectivity index (χ4v) is 4.79. The van der Waals surface area contributed by atoms with E-state index in [4.69, 9.17) is 0 Å². The summed E-state index contributed by atoms with van der Waals surface area (Å²) in [6.45, 7) is -0.0579. The summed E-state index contributed by atoms with van der Waals surface area (Å²) in [4.78, 5) is 15.8. The fraction of sp³-hybridized carbons (Fsp3) is 0.107. The number of hydrogen-bond donors (Lipinski definition) is 2. The quantitative estimate of drug-likeness (QED) is 0.381. The van der Waals surface area contributed by atoms with Gasteiger partial charge in [0.2, 0.25) is 5.91 Å². The van der Waals surface area contributed by atoms with Gasteiger partial charge in [0.15, 0.2) is 0 Å². The van der Waals surface area contributed by atoms with Crippen molar-refractivity contribution >= 4 is 11.6 Å². The lowest BCUT2D eigenvalue weighted by Gasteiger charge is -2.30. The molecule has 1 heterocycles. The Balaban J connectivity index is 1.70. The molecule has 1 aliphatic heterocycles. The number of amides is 1. The molecule has 176 valence electrons. The van der Waals surface area contributed by atoms with Crippen molar-refractivity contribution in [2.24, 2.45) is 0 Å². The van der Waals surface area contributed by atoms with E-state index in [0.717, 1.165) is 12.1 Å². The van der Waals surface area contributed by atoms with Gasteiger partial charge in [-0.25, -0.2) is 0 Å². The van der Waals surface area contributed by atoms with Crippen LogP contribution >= 0.6 is 0 Å². The highest BCUT2D eigenvalue weighted by molar-refractivity contribution is 6.12.